The van der Waals surface area contributed by atoms with Crippen LogP contribution in [0.5, 0.6) is 0 Å². The number of halogens is 2. The van der Waals surface area contributed by atoms with E-state index in [0.717, 1.165) is 5.56 Å². The number of benzene rings is 1. The second-order valence-corrected chi connectivity index (χ2v) is 4.48. The Balaban J connectivity index is 2.56. The van der Waals surface area contributed by atoms with Gasteiger partial charge in [-0.3, -0.25) is 4.79 Å². The van der Waals surface area contributed by atoms with Crippen LogP contribution in [0.25, 0.3) is 0 Å². The molecule has 0 aliphatic rings. The first-order valence-electron chi connectivity index (χ1n) is 5.09. The van der Waals surface area contributed by atoms with Crippen LogP contribution in [0.2, 0.25) is 10.0 Å². The van der Waals surface area contributed by atoms with Gasteiger partial charge in [-0.1, -0.05) is 29.3 Å². The first-order valence-corrected chi connectivity index (χ1v) is 5.85. The number of amides is 1. The van der Waals surface area contributed by atoms with Gasteiger partial charge in [0.05, 0.1) is 6.07 Å². The molecule has 0 bridgehead atoms. The maximum Gasteiger partial charge on any atom is 0.236 e. The summed E-state index contributed by atoms with van der Waals surface area (Å²) in [4.78, 5) is 12.9. The van der Waals surface area contributed by atoms with Crippen LogP contribution in [0.1, 0.15) is 12.0 Å². The Morgan fingerprint density at radius 3 is 2.76 bits per heavy atom. The van der Waals surface area contributed by atoms with Gasteiger partial charge >= 0.3 is 0 Å². The van der Waals surface area contributed by atoms with E-state index in [1.807, 2.05) is 12.1 Å². The molecule has 17 heavy (non-hydrogen) atoms. The number of nitriles is 1. The fourth-order valence-corrected chi connectivity index (χ4v) is 1.84. The van der Waals surface area contributed by atoms with Crippen molar-refractivity contribution in [3.63, 3.8) is 0 Å². The average molecular weight is 271 g/mol. The highest BCUT2D eigenvalue weighted by molar-refractivity contribution is 6.35. The first kappa shape index (κ1) is 13.8. The largest absolute Gasteiger partial charge is 0.345 e. The molecule has 1 aromatic carbocycles. The third-order valence-corrected chi connectivity index (χ3v) is 2.97. The minimum absolute atomic E-state index is 0.0924. The summed E-state index contributed by atoms with van der Waals surface area (Å²) in [5, 5.41) is 9.60. The Bertz CT molecular complexity index is 454. The van der Waals surface area contributed by atoms with Crippen molar-refractivity contribution in [2.75, 3.05) is 13.6 Å². The molecule has 0 atom stereocenters. The number of hydrogen-bond acceptors (Lipinski definition) is 2. The number of carbonyl (C=O) groups excluding carboxylic acids is 1. The number of likely N-dealkylation sites (N-methyl/N-ethyl adjacent to an activating group) is 1. The summed E-state index contributed by atoms with van der Waals surface area (Å²) >= 11 is 11.8. The normalized spacial score (nSPS) is 9.76. The molecule has 0 unspecified atom stereocenters. The summed E-state index contributed by atoms with van der Waals surface area (Å²) in [6, 6.07) is 7.11. The van der Waals surface area contributed by atoms with E-state index in [1.54, 1.807) is 19.2 Å². The van der Waals surface area contributed by atoms with E-state index < -0.39 is 0 Å². The highest BCUT2D eigenvalue weighted by Crippen LogP contribution is 2.21. The molecule has 0 aliphatic carbocycles. The van der Waals surface area contributed by atoms with E-state index in [2.05, 4.69) is 0 Å². The minimum atomic E-state index is -0.183. The van der Waals surface area contributed by atoms with Gasteiger partial charge in [0.1, 0.15) is 6.42 Å². The van der Waals surface area contributed by atoms with Crippen LogP contribution in [-0.2, 0) is 11.2 Å². The standard InChI is InChI=1S/C12H12Cl2N2O/c1-16(12(17)4-6-15)7-5-9-2-3-10(13)8-11(9)14/h2-3,8H,4-5,7H2,1H3. The van der Waals surface area contributed by atoms with Gasteiger partial charge < -0.3 is 4.90 Å². The monoisotopic (exact) mass is 270 g/mol. The topological polar surface area (TPSA) is 44.1 Å². The maximum atomic E-state index is 11.4. The van der Waals surface area contributed by atoms with Crippen molar-refractivity contribution in [3.05, 3.63) is 33.8 Å². The zero-order valence-electron chi connectivity index (χ0n) is 9.41. The van der Waals surface area contributed by atoms with Gasteiger partial charge in [0, 0.05) is 23.6 Å². The molecule has 1 aromatic rings. The van der Waals surface area contributed by atoms with E-state index in [1.165, 1.54) is 4.90 Å². The van der Waals surface area contributed by atoms with Gasteiger partial charge in [0.2, 0.25) is 5.91 Å². The summed E-state index contributed by atoms with van der Waals surface area (Å²) in [5.74, 6) is -0.183. The smallest absolute Gasteiger partial charge is 0.236 e. The molecular weight excluding hydrogens is 259 g/mol. The molecule has 0 spiro atoms. The molecular formula is C12H12Cl2N2O. The molecule has 0 saturated carbocycles. The highest BCUT2D eigenvalue weighted by atomic mass is 35.5. The number of carbonyl (C=O) groups is 1. The second kappa shape index (κ2) is 6.48. The van der Waals surface area contributed by atoms with Crippen molar-refractivity contribution in [1.29, 1.82) is 5.26 Å². The quantitative estimate of drug-likeness (QED) is 0.845. The lowest BCUT2D eigenvalue weighted by molar-refractivity contribution is -0.128. The molecule has 0 fully saturated rings. The van der Waals surface area contributed by atoms with Crippen molar-refractivity contribution in [1.82, 2.24) is 4.90 Å². The Morgan fingerprint density at radius 1 is 1.47 bits per heavy atom. The van der Waals surface area contributed by atoms with E-state index in [9.17, 15) is 4.79 Å². The average Bonchev–Trinajstić information content (AvgIpc) is 2.27. The fraction of sp³-hybridized carbons (Fsp3) is 0.333. The van der Waals surface area contributed by atoms with E-state index in [4.69, 9.17) is 28.5 Å². The molecule has 0 heterocycles. The van der Waals surface area contributed by atoms with Crippen LogP contribution in [0, 0.1) is 11.3 Å². The van der Waals surface area contributed by atoms with Gasteiger partial charge in [-0.05, 0) is 24.1 Å². The van der Waals surface area contributed by atoms with Gasteiger partial charge in [0.15, 0.2) is 0 Å². The molecule has 1 rings (SSSR count). The summed E-state index contributed by atoms with van der Waals surface area (Å²) in [6.45, 7) is 0.530. The van der Waals surface area contributed by atoms with Crippen molar-refractivity contribution in [2.24, 2.45) is 0 Å². The molecule has 3 nitrogen and oxygen atoms in total. The van der Waals surface area contributed by atoms with Crippen molar-refractivity contribution < 1.29 is 4.79 Å². The molecule has 5 heteroatoms. The predicted octanol–water partition coefficient (Wildman–Crippen LogP) is 2.91. The lowest BCUT2D eigenvalue weighted by Gasteiger charge is -2.15. The van der Waals surface area contributed by atoms with Crippen LogP contribution >= 0.6 is 23.2 Å². The summed E-state index contributed by atoms with van der Waals surface area (Å²) in [6.07, 6.45) is 0.550. The van der Waals surface area contributed by atoms with Gasteiger partial charge in [-0.2, -0.15) is 5.26 Å². The third kappa shape index (κ3) is 4.26. The third-order valence-electron chi connectivity index (χ3n) is 2.39. The number of hydrogen-bond donors (Lipinski definition) is 0. The van der Waals surface area contributed by atoms with Crippen LogP contribution in [0.15, 0.2) is 18.2 Å². The molecule has 0 N–H and O–H groups in total. The summed E-state index contributed by atoms with van der Waals surface area (Å²) in [5.41, 5.74) is 0.938. The van der Waals surface area contributed by atoms with E-state index in [-0.39, 0.29) is 12.3 Å². The first-order chi connectivity index (χ1) is 8.04. The van der Waals surface area contributed by atoms with Gasteiger partial charge in [-0.25, -0.2) is 0 Å². The molecule has 0 radical (unpaired) electrons. The Hall–Kier alpha value is -1.24. The van der Waals surface area contributed by atoms with Crippen LogP contribution in [0.4, 0.5) is 0 Å². The van der Waals surface area contributed by atoms with E-state index >= 15 is 0 Å². The zero-order chi connectivity index (χ0) is 12.8. The Kier molecular flexibility index (Phi) is 5.27. The second-order valence-electron chi connectivity index (χ2n) is 3.64. The number of rotatable bonds is 4. The predicted molar refractivity (Wildman–Crippen MR) is 68.0 cm³/mol. The van der Waals surface area contributed by atoms with Crippen molar-refractivity contribution in [2.45, 2.75) is 12.8 Å². The molecule has 1 amide bonds. The molecule has 0 aromatic heterocycles. The lowest BCUT2D eigenvalue weighted by Crippen LogP contribution is -2.28. The molecule has 0 saturated heterocycles. The maximum absolute atomic E-state index is 11.4. The highest BCUT2D eigenvalue weighted by Gasteiger charge is 2.09. The Labute approximate surface area is 111 Å². The van der Waals surface area contributed by atoms with Gasteiger partial charge in [0.25, 0.3) is 0 Å². The fourth-order valence-electron chi connectivity index (χ4n) is 1.34. The van der Waals surface area contributed by atoms with Crippen LogP contribution in [-0.4, -0.2) is 24.4 Å². The van der Waals surface area contributed by atoms with E-state index in [0.29, 0.717) is 23.0 Å². The van der Waals surface area contributed by atoms with Crippen molar-refractivity contribution >= 4 is 29.1 Å². The SMILES string of the molecule is CN(CCc1ccc(Cl)cc1Cl)C(=O)CC#N. The minimum Gasteiger partial charge on any atom is -0.345 e. The summed E-state index contributed by atoms with van der Waals surface area (Å²) < 4.78 is 0. The summed E-state index contributed by atoms with van der Waals surface area (Å²) in [7, 11) is 1.67. The van der Waals surface area contributed by atoms with Crippen LogP contribution in [0.3, 0.4) is 0 Å². The lowest BCUT2D eigenvalue weighted by atomic mass is 10.1. The van der Waals surface area contributed by atoms with Crippen LogP contribution < -0.4 is 0 Å². The zero-order valence-corrected chi connectivity index (χ0v) is 10.9. The van der Waals surface area contributed by atoms with Crippen molar-refractivity contribution in [3.8, 4) is 6.07 Å². The molecule has 90 valence electrons. The molecule has 0 aliphatic heterocycles. The number of nitrogens with zero attached hydrogens (tertiary/aromatic N) is 2. The van der Waals surface area contributed by atoms with Gasteiger partial charge in [-0.15, -0.1) is 0 Å². The Morgan fingerprint density at radius 2 is 2.18 bits per heavy atom.